The molecule has 0 aliphatic carbocycles. The summed E-state index contributed by atoms with van der Waals surface area (Å²) >= 11 is 5.14. The van der Waals surface area contributed by atoms with Gasteiger partial charge in [-0.15, -0.1) is 0 Å². The van der Waals surface area contributed by atoms with E-state index in [0.29, 0.717) is 0 Å². The minimum atomic E-state index is -0.448. The predicted octanol–water partition coefficient (Wildman–Crippen LogP) is 2.77. The van der Waals surface area contributed by atoms with Crippen LogP contribution in [0, 0.1) is 6.92 Å². The highest BCUT2D eigenvalue weighted by Crippen LogP contribution is 2.05. The Morgan fingerprint density at radius 3 is 2.83 bits per heavy atom. The molecule has 1 aromatic rings. The van der Waals surface area contributed by atoms with E-state index in [1.807, 2.05) is 31.2 Å². The third-order valence-corrected chi connectivity index (χ3v) is 1.57. The second-order valence-electron chi connectivity index (χ2n) is 2.55. The first-order chi connectivity index (χ1) is 5.68. The zero-order valence-electron chi connectivity index (χ0n) is 6.75. The Kier molecular flexibility index (Phi) is 3.06. The molecule has 0 aliphatic heterocycles. The van der Waals surface area contributed by atoms with Gasteiger partial charge in [-0.1, -0.05) is 35.9 Å². The molecule has 1 nitrogen and oxygen atoms in total. The Labute approximate surface area is 76.7 Å². The van der Waals surface area contributed by atoms with E-state index < -0.39 is 5.24 Å². The maximum Gasteiger partial charge on any atom is 0.245 e. The summed E-state index contributed by atoms with van der Waals surface area (Å²) in [5.74, 6) is 0. The third kappa shape index (κ3) is 2.89. The van der Waals surface area contributed by atoms with Gasteiger partial charge in [0, 0.05) is 0 Å². The molecule has 0 saturated heterocycles. The van der Waals surface area contributed by atoms with Gasteiger partial charge < -0.3 is 0 Å². The molecule has 0 spiro atoms. The molecule has 0 aromatic heterocycles. The van der Waals surface area contributed by atoms with Crippen molar-refractivity contribution >= 4 is 22.9 Å². The molecule has 0 N–H and O–H groups in total. The molecule has 0 radical (unpaired) electrons. The Morgan fingerprint density at radius 1 is 1.50 bits per heavy atom. The van der Waals surface area contributed by atoms with Gasteiger partial charge in [-0.05, 0) is 30.2 Å². The lowest BCUT2D eigenvalue weighted by Gasteiger charge is -1.93. The van der Waals surface area contributed by atoms with Crippen LogP contribution in [0.3, 0.4) is 0 Å². The summed E-state index contributed by atoms with van der Waals surface area (Å²) in [6.45, 7) is 2.00. The first kappa shape index (κ1) is 9.01. The molecule has 0 heterocycles. The molecular weight excluding hydrogens is 172 g/mol. The van der Waals surface area contributed by atoms with Gasteiger partial charge in [-0.2, -0.15) is 0 Å². The summed E-state index contributed by atoms with van der Waals surface area (Å²) in [5.41, 5.74) is 2.16. The van der Waals surface area contributed by atoms with Crippen LogP contribution < -0.4 is 0 Å². The van der Waals surface area contributed by atoms with Crippen LogP contribution in [0.5, 0.6) is 0 Å². The largest absolute Gasteiger partial charge is 0.276 e. The summed E-state index contributed by atoms with van der Waals surface area (Å²) in [6, 6.07) is 7.84. The summed E-state index contributed by atoms with van der Waals surface area (Å²) in [6.07, 6.45) is 3.04. The van der Waals surface area contributed by atoms with Crippen LogP contribution in [0.1, 0.15) is 11.1 Å². The van der Waals surface area contributed by atoms with E-state index in [1.165, 1.54) is 11.6 Å². The minimum Gasteiger partial charge on any atom is -0.276 e. The number of hydrogen-bond donors (Lipinski definition) is 0. The highest BCUT2D eigenvalue weighted by molar-refractivity contribution is 6.66. The topological polar surface area (TPSA) is 17.1 Å². The molecule has 0 aliphatic rings. The lowest BCUT2D eigenvalue weighted by molar-refractivity contribution is -0.107. The number of rotatable bonds is 2. The smallest absolute Gasteiger partial charge is 0.245 e. The van der Waals surface area contributed by atoms with Crippen LogP contribution in [0.4, 0.5) is 0 Å². The molecular formula is C10H9ClO. The van der Waals surface area contributed by atoms with Gasteiger partial charge in [0.05, 0.1) is 0 Å². The van der Waals surface area contributed by atoms with Crippen LogP contribution in [-0.2, 0) is 4.79 Å². The van der Waals surface area contributed by atoms with Crippen LogP contribution in [0.15, 0.2) is 30.3 Å². The van der Waals surface area contributed by atoms with E-state index >= 15 is 0 Å². The normalized spacial score (nSPS) is 10.5. The number of allylic oxidation sites excluding steroid dienone is 1. The van der Waals surface area contributed by atoms with Crippen molar-refractivity contribution in [3.05, 3.63) is 41.5 Å². The molecule has 12 heavy (non-hydrogen) atoms. The van der Waals surface area contributed by atoms with Gasteiger partial charge in [-0.3, -0.25) is 4.79 Å². The van der Waals surface area contributed by atoms with Gasteiger partial charge in [0.2, 0.25) is 5.24 Å². The molecule has 0 bridgehead atoms. The summed E-state index contributed by atoms with van der Waals surface area (Å²) in [5, 5.41) is -0.448. The van der Waals surface area contributed by atoms with Crippen molar-refractivity contribution < 1.29 is 4.79 Å². The molecule has 1 rings (SSSR count). The predicted molar refractivity (Wildman–Crippen MR) is 51.1 cm³/mol. The molecule has 0 amide bonds. The number of aryl methyl sites for hydroxylation is 1. The van der Waals surface area contributed by atoms with Crippen molar-refractivity contribution in [1.29, 1.82) is 0 Å². The van der Waals surface area contributed by atoms with E-state index in [9.17, 15) is 4.79 Å². The Hall–Kier alpha value is -1.08. The van der Waals surface area contributed by atoms with Crippen LogP contribution in [-0.4, -0.2) is 5.24 Å². The number of carbonyl (C=O) groups is 1. The van der Waals surface area contributed by atoms with Crippen molar-refractivity contribution in [2.24, 2.45) is 0 Å². The van der Waals surface area contributed by atoms with Crippen LogP contribution in [0.25, 0.3) is 6.08 Å². The second-order valence-corrected chi connectivity index (χ2v) is 2.92. The standard InChI is InChI=1S/C10H9ClO/c1-8-3-2-4-9(7-8)5-6-10(11)12/h2-7H,1H3. The van der Waals surface area contributed by atoms with Crippen molar-refractivity contribution in [3.63, 3.8) is 0 Å². The highest BCUT2D eigenvalue weighted by atomic mass is 35.5. The van der Waals surface area contributed by atoms with E-state index in [0.717, 1.165) is 5.56 Å². The van der Waals surface area contributed by atoms with Crippen molar-refractivity contribution in [1.82, 2.24) is 0 Å². The lowest BCUT2D eigenvalue weighted by Crippen LogP contribution is -1.77. The first-order valence-electron chi connectivity index (χ1n) is 3.63. The molecule has 0 saturated carbocycles. The summed E-state index contributed by atoms with van der Waals surface area (Å²) < 4.78 is 0. The maximum absolute atomic E-state index is 10.4. The minimum absolute atomic E-state index is 0.448. The number of hydrogen-bond acceptors (Lipinski definition) is 1. The Balaban J connectivity index is 2.83. The van der Waals surface area contributed by atoms with E-state index in [1.54, 1.807) is 6.08 Å². The highest BCUT2D eigenvalue weighted by Gasteiger charge is 1.88. The molecule has 1 aromatic carbocycles. The monoisotopic (exact) mass is 180 g/mol. The quantitative estimate of drug-likeness (QED) is 0.505. The van der Waals surface area contributed by atoms with Crippen molar-refractivity contribution in [3.8, 4) is 0 Å². The van der Waals surface area contributed by atoms with Gasteiger partial charge in [-0.25, -0.2) is 0 Å². The fraction of sp³-hybridized carbons (Fsp3) is 0.100. The fourth-order valence-corrected chi connectivity index (χ4v) is 0.999. The third-order valence-electron chi connectivity index (χ3n) is 1.45. The van der Waals surface area contributed by atoms with Crippen molar-refractivity contribution in [2.45, 2.75) is 6.92 Å². The Morgan fingerprint density at radius 2 is 2.25 bits per heavy atom. The fourth-order valence-electron chi connectivity index (χ4n) is 0.936. The van der Waals surface area contributed by atoms with E-state index in [-0.39, 0.29) is 0 Å². The Bertz CT molecular complexity index is 315. The van der Waals surface area contributed by atoms with Crippen LogP contribution in [0.2, 0.25) is 0 Å². The van der Waals surface area contributed by atoms with Gasteiger partial charge in [0.15, 0.2) is 0 Å². The molecule has 0 fully saturated rings. The summed E-state index contributed by atoms with van der Waals surface area (Å²) in [7, 11) is 0. The van der Waals surface area contributed by atoms with Gasteiger partial charge >= 0.3 is 0 Å². The number of benzene rings is 1. The molecule has 62 valence electrons. The maximum atomic E-state index is 10.4. The van der Waals surface area contributed by atoms with E-state index in [2.05, 4.69) is 0 Å². The zero-order chi connectivity index (χ0) is 8.97. The molecule has 0 unspecified atom stereocenters. The molecule has 0 atom stereocenters. The average Bonchev–Trinajstić information content (AvgIpc) is 2.01. The SMILES string of the molecule is Cc1cccc(C=CC(=O)Cl)c1. The zero-order valence-corrected chi connectivity index (χ0v) is 7.51. The van der Waals surface area contributed by atoms with Gasteiger partial charge in [0.1, 0.15) is 0 Å². The van der Waals surface area contributed by atoms with E-state index in [4.69, 9.17) is 11.6 Å². The van der Waals surface area contributed by atoms with Crippen LogP contribution >= 0.6 is 11.6 Å². The summed E-state index contributed by atoms with van der Waals surface area (Å²) in [4.78, 5) is 10.4. The van der Waals surface area contributed by atoms with Gasteiger partial charge in [0.25, 0.3) is 0 Å². The number of carbonyl (C=O) groups excluding carboxylic acids is 1. The van der Waals surface area contributed by atoms with Crippen molar-refractivity contribution in [2.75, 3.05) is 0 Å². The number of halogens is 1. The first-order valence-corrected chi connectivity index (χ1v) is 4.00. The second kappa shape index (κ2) is 4.07. The molecule has 2 heteroatoms. The lowest BCUT2D eigenvalue weighted by atomic mass is 10.1. The average molecular weight is 181 g/mol.